The van der Waals surface area contributed by atoms with Gasteiger partial charge in [-0.15, -0.1) is 12.4 Å². The highest BCUT2D eigenvalue weighted by Gasteiger charge is 2.34. The van der Waals surface area contributed by atoms with E-state index in [1.54, 1.807) is 0 Å². The topological polar surface area (TPSA) is 52.8 Å². The van der Waals surface area contributed by atoms with Crippen molar-refractivity contribution >= 4 is 18.3 Å². The van der Waals surface area contributed by atoms with Crippen molar-refractivity contribution in [3.63, 3.8) is 0 Å². The predicted octanol–water partition coefficient (Wildman–Crippen LogP) is 1.02. The minimum Gasteiger partial charge on any atom is -0.340 e. The molecule has 3 unspecified atom stereocenters. The molecule has 0 aromatic carbocycles. The number of halogens is 1. The Bertz CT molecular complexity index is 347. The first kappa shape index (κ1) is 19.7. The number of carbonyl (C=O) groups is 1. The van der Waals surface area contributed by atoms with Gasteiger partial charge in [-0.1, -0.05) is 27.2 Å². The molecule has 130 valence electrons. The maximum Gasteiger partial charge on any atom is 0.239 e. The van der Waals surface area contributed by atoms with Gasteiger partial charge in [-0.2, -0.15) is 0 Å². The van der Waals surface area contributed by atoms with Crippen LogP contribution in [0.15, 0.2) is 0 Å². The first-order valence-electron chi connectivity index (χ1n) is 8.57. The second-order valence-corrected chi connectivity index (χ2v) is 6.61. The summed E-state index contributed by atoms with van der Waals surface area (Å²) in [7, 11) is 0. The molecule has 5 nitrogen and oxygen atoms in total. The minimum absolute atomic E-state index is 0. The van der Waals surface area contributed by atoms with Crippen molar-refractivity contribution in [2.75, 3.05) is 45.8 Å². The fourth-order valence-electron chi connectivity index (χ4n) is 3.39. The molecule has 3 atom stereocenters. The van der Waals surface area contributed by atoms with E-state index in [-0.39, 0.29) is 30.3 Å². The Morgan fingerprint density at radius 2 is 1.82 bits per heavy atom. The summed E-state index contributed by atoms with van der Waals surface area (Å²) < 4.78 is 0. The van der Waals surface area contributed by atoms with Crippen molar-refractivity contribution < 1.29 is 4.79 Å². The second-order valence-electron chi connectivity index (χ2n) is 6.61. The zero-order valence-corrected chi connectivity index (χ0v) is 15.1. The summed E-state index contributed by atoms with van der Waals surface area (Å²) in [5, 5.41) is 0. The molecule has 1 amide bonds. The summed E-state index contributed by atoms with van der Waals surface area (Å²) in [4.78, 5) is 19.5. The molecule has 2 N–H and O–H groups in total. The standard InChI is InChI=1S/C16H32N4O.ClH/c1-4-13(3)15(17)16(21)20-7-6-14(12-20)19-10-8-18(5-2)9-11-19;/h13-15H,4-12,17H2,1-3H3;1H. The number of piperazine rings is 1. The van der Waals surface area contributed by atoms with Gasteiger partial charge in [0, 0.05) is 45.3 Å². The van der Waals surface area contributed by atoms with Crippen LogP contribution in [-0.2, 0) is 4.79 Å². The monoisotopic (exact) mass is 332 g/mol. The molecule has 2 aliphatic heterocycles. The zero-order valence-electron chi connectivity index (χ0n) is 14.3. The highest BCUT2D eigenvalue weighted by molar-refractivity contribution is 5.85. The van der Waals surface area contributed by atoms with E-state index in [4.69, 9.17) is 5.73 Å². The summed E-state index contributed by atoms with van der Waals surface area (Å²) in [6, 6.07) is 0.211. The molecule has 2 fully saturated rings. The van der Waals surface area contributed by atoms with E-state index in [1.165, 1.54) is 0 Å². The van der Waals surface area contributed by atoms with Crippen LogP contribution in [0.4, 0.5) is 0 Å². The van der Waals surface area contributed by atoms with Crippen LogP contribution < -0.4 is 5.73 Å². The van der Waals surface area contributed by atoms with Gasteiger partial charge in [0.1, 0.15) is 0 Å². The van der Waals surface area contributed by atoms with Crippen LogP contribution in [0.1, 0.15) is 33.6 Å². The van der Waals surface area contributed by atoms with E-state index in [9.17, 15) is 4.79 Å². The van der Waals surface area contributed by atoms with Gasteiger partial charge in [0.05, 0.1) is 6.04 Å². The van der Waals surface area contributed by atoms with E-state index < -0.39 is 0 Å². The SMILES string of the molecule is CCC(C)C(N)C(=O)N1CCC(N2CCN(CC)CC2)C1.Cl. The number of likely N-dealkylation sites (tertiary alicyclic amines) is 1. The van der Waals surface area contributed by atoms with Gasteiger partial charge in [-0.05, 0) is 18.9 Å². The quantitative estimate of drug-likeness (QED) is 0.816. The van der Waals surface area contributed by atoms with Crippen LogP contribution >= 0.6 is 12.4 Å². The van der Waals surface area contributed by atoms with E-state index in [2.05, 4.69) is 30.6 Å². The zero-order chi connectivity index (χ0) is 15.4. The Labute approximate surface area is 141 Å². The van der Waals surface area contributed by atoms with Crippen LogP contribution in [0, 0.1) is 5.92 Å². The first-order chi connectivity index (χ1) is 10.1. The van der Waals surface area contributed by atoms with Gasteiger partial charge >= 0.3 is 0 Å². The maximum atomic E-state index is 12.4. The lowest BCUT2D eigenvalue weighted by Crippen LogP contribution is -2.52. The molecular weight excluding hydrogens is 300 g/mol. The lowest BCUT2D eigenvalue weighted by Gasteiger charge is -2.37. The maximum absolute atomic E-state index is 12.4. The van der Waals surface area contributed by atoms with Crippen molar-refractivity contribution in [1.82, 2.24) is 14.7 Å². The third kappa shape index (κ3) is 4.57. The smallest absolute Gasteiger partial charge is 0.239 e. The largest absolute Gasteiger partial charge is 0.340 e. The summed E-state index contributed by atoms with van der Waals surface area (Å²) in [6.45, 7) is 13.9. The Kier molecular flexibility index (Phi) is 8.11. The van der Waals surface area contributed by atoms with Crippen LogP contribution in [0.2, 0.25) is 0 Å². The molecule has 0 radical (unpaired) electrons. The fraction of sp³-hybridized carbons (Fsp3) is 0.938. The van der Waals surface area contributed by atoms with Crippen molar-refractivity contribution in [2.45, 2.75) is 45.7 Å². The number of nitrogens with two attached hydrogens (primary N) is 1. The highest BCUT2D eigenvalue weighted by atomic mass is 35.5. The minimum atomic E-state index is -0.328. The predicted molar refractivity (Wildman–Crippen MR) is 93.4 cm³/mol. The Balaban J connectivity index is 0.00000242. The van der Waals surface area contributed by atoms with E-state index >= 15 is 0 Å². The molecule has 0 saturated carbocycles. The number of likely N-dealkylation sites (N-methyl/N-ethyl adjacent to an activating group) is 1. The first-order valence-corrected chi connectivity index (χ1v) is 8.57. The number of hydrogen-bond donors (Lipinski definition) is 1. The molecule has 6 heteroatoms. The number of hydrogen-bond acceptors (Lipinski definition) is 4. The second kappa shape index (κ2) is 9.06. The number of rotatable bonds is 5. The number of carbonyl (C=O) groups excluding carboxylic acids is 1. The third-order valence-electron chi connectivity index (χ3n) is 5.39. The molecule has 2 heterocycles. The van der Waals surface area contributed by atoms with E-state index in [0.29, 0.717) is 6.04 Å². The summed E-state index contributed by atoms with van der Waals surface area (Å²) >= 11 is 0. The van der Waals surface area contributed by atoms with Crippen molar-refractivity contribution in [2.24, 2.45) is 11.7 Å². The van der Waals surface area contributed by atoms with Crippen molar-refractivity contribution in [1.29, 1.82) is 0 Å². The lowest BCUT2D eigenvalue weighted by molar-refractivity contribution is -0.132. The molecule has 0 aromatic rings. The van der Waals surface area contributed by atoms with Gasteiger partial charge in [0.2, 0.25) is 5.91 Å². The summed E-state index contributed by atoms with van der Waals surface area (Å²) in [5.74, 6) is 0.420. The van der Waals surface area contributed by atoms with Gasteiger partial charge in [0.25, 0.3) is 0 Å². The third-order valence-corrected chi connectivity index (χ3v) is 5.39. The Morgan fingerprint density at radius 1 is 1.18 bits per heavy atom. The molecule has 2 saturated heterocycles. The molecule has 2 aliphatic rings. The average molecular weight is 333 g/mol. The van der Waals surface area contributed by atoms with Crippen LogP contribution in [0.25, 0.3) is 0 Å². The fourth-order valence-corrected chi connectivity index (χ4v) is 3.39. The molecule has 0 bridgehead atoms. The number of nitrogens with zero attached hydrogens (tertiary/aromatic N) is 3. The lowest BCUT2D eigenvalue weighted by atomic mass is 9.99. The van der Waals surface area contributed by atoms with Gasteiger partial charge < -0.3 is 15.5 Å². The highest BCUT2D eigenvalue weighted by Crippen LogP contribution is 2.19. The molecule has 0 aromatic heterocycles. The van der Waals surface area contributed by atoms with Crippen molar-refractivity contribution in [3.05, 3.63) is 0 Å². The van der Waals surface area contributed by atoms with Gasteiger partial charge in [-0.3, -0.25) is 9.69 Å². The normalized spacial score (nSPS) is 26.5. The molecule has 22 heavy (non-hydrogen) atoms. The average Bonchev–Trinajstić information content (AvgIpc) is 3.02. The van der Waals surface area contributed by atoms with Crippen LogP contribution in [0.5, 0.6) is 0 Å². The van der Waals surface area contributed by atoms with Crippen LogP contribution in [-0.4, -0.2) is 78.5 Å². The van der Waals surface area contributed by atoms with Crippen LogP contribution in [0.3, 0.4) is 0 Å². The van der Waals surface area contributed by atoms with E-state index in [1.807, 2.05) is 4.90 Å². The Morgan fingerprint density at radius 3 is 2.36 bits per heavy atom. The molecule has 2 rings (SSSR count). The Hall–Kier alpha value is -0.360. The summed E-state index contributed by atoms with van der Waals surface area (Å²) in [6.07, 6.45) is 2.06. The van der Waals surface area contributed by atoms with Gasteiger partial charge in [0.15, 0.2) is 0 Å². The molecule has 0 spiro atoms. The summed E-state index contributed by atoms with van der Waals surface area (Å²) in [5.41, 5.74) is 6.10. The molecular formula is C16H33ClN4O. The molecule has 0 aliphatic carbocycles. The number of amides is 1. The van der Waals surface area contributed by atoms with Gasteiger partial charge in [-0.25, -0.2) is 0 Å². The van der Waals surface area contributed by atoms with E-state index in [0.717, 1.165) is 58.7 Å². The van der Waals surface area contributed by atoms with Crippen molar-refractivity contribution in [3.8, 4) is 0 Å².